The number of alkyl halides is 2. The third-order valence-electron chi connectivity index (χ3n) is 10.7. The number of nitrogens with one attached hydrogen (secondary N) is 4. The zero-order chi connectivity index (χ0) is 61.1. The monoisotopic (exact) mass is 1290 g/mol. The average molecular weight is 1290 g/mol. The maximum atomic E-state index is 14.3. The number of ether oxygens (including phenoxy) is 4. The number of pyridine rings is 1. The summed E-state index contributed by atoms with van der Waals surface area (Å²) < 4.78 is 64.5. The Morgan fingerprint density at radius 2 is 1.59 bits per heavy atom. The summed E-state index contributed by atoms with van der Waals surface area (Å²) in [5, 5.41) is 7.99. The summed E-state index contributed by atoms with van der Waals surface area (Å²) in [6, 6.07) is 13.1. The van der Waals surface area contributed by atoms with Crippen molar-refractivity contribution in [3.05, 3.63) is 96.9 Å². The van der Waals surface area contributed by atoms with E-state index >= 15 is 0 Å². The predicted octanol–water partition coefficient (Wildman–Crippen LogP) is 7.28. The molecule has 8 rings (SSSR count). The van der Waals surface area contributed by atoms with Crippen LogP contribution in [0.2, 0.25) is 10.3 Å². The molecule has 0 saturated heterocycles. The zero-order valence-electron chi connectivity index (χ0n) is 46.0. The van der Waals surface area contributed by atoms with E-state index in [2.05, 4.69) is 55.6 Å². The van der Waals surface area contributed by atoms with Crippen molar-refractivity contribution in [3.8, 4) is 17.5 Å². The number of benzene rings is 2. The Morgan fingerprint density at radius 1 is 0.928 bits per heavy atom. The van der Waals surface area contributed by atoms with Crippen LogP contribution in [0, 0.1) is 5.82 Å². The van der Waals surface area contributed by atoms with Crippen LogP contribution in [0.3, 0.4) is 0 Å². The van der Waals surface area contributed by atoms with Crippen LogP contribution >= 0.6 is 69.5 Å². The molecule has 448 valence electrons. The zero-order valence-corrected chi connectivity index (χ0v) is 51.5. The molecule has 4 N–H and O–H groups in total. The van der Waals surface area contributed by atoms with Crippen molar-refractivity contribution in [2.45, 2.75) is 80.5 Å². The number of sulfonamides is 1. The van der Waals surface area contributed by atoms with Crippen molar-refractivity contribution < 1.29 is 50.9 Å². The highest BCUT2D eigenvalue weighted by Gasteiger charge is 2.32. The first-order chi connectivity index (χ1) is 39.4. The van der Waals surface area contributed by atoms with Crippen LogP contribution in [-0.2, 0) is 37.4 Å². The highest BCUT2D eigenvalue weighted by Crippen LogP contribution is 2.35. The lowest BCUT2D eigenvalue weighted by atomic mass is 10.1. The van der Waals surface area contributed by atoms with E-state index in [1.807, 2.05) is 52.0 Å². The molecule has 6 heterocycles. The van der Waals surface area contributed by atoms with Gasteiger partial charge in [0.05, 0.1) is 55.5 Å². The van der Waals surface area contributed by atoms with Gasteiger partial charge in [-0.15, -0.1) is 11.8 Å². The van der Waals surface area contributed by atoms with Crippen LogP contribution < -0.4 is 49.5 Å². The molecule has 2 aliphatic heterocycles. The fourth-order valence-electron chi connectivity index (χ4n) is 7.06. The highest BCUT2D eigenvalue weighted by molar-refractivity contribution is 8.00. The molecule has 6 aromatic rings. The molecular formula is C49H58Cl4FN15O11S3. The minimum Gasteiger partial charge on any atom is -0.489 e. The number of aromatic nitrogens is 8. The summed E-state index contributed by atoms with van der Waals surface area (Å²) in [7, 11) is 2.45. The van der Waals surface area contributed by atoms with E-state index in [9.17, 15) is 36.8 Å². The third-order valence-corrected chi connectivity index (χ3v) is 14.9. The third kappa shape index (κ3) is 19.2. The number of anilines is 4. The van der Waals surface area contributed by atoms with Gasteiger partial charge in [-0.05, 0) is 99.9 Å². The standard InChI is InChI=1S/C15H15ClFN3O3S2.C15H18N6O6S.C11H11Cl2NO2.C8H14ClN5/c1-23-13(21)8-24-12-7-11(10(17)6-9(12)16)18-14-19-4-2-3-5-20(19)15(22)25-14;1-21(2)13(22)9-6-5-7-16-12(9)28(24,25)20-15(23)19-14-17-10(26-3)8-11(18-14)27-4;1-7-6-16-9-5-3-2-4-8(9)14(7)11(15)10(12)13;1-4-10-7-12-6(9)13-8(14-7)11-5(2)3/h6-7H,2-5,8H2,1H3;5-8H,1-4H3,(H2,17,18,19,20,23);2-5,7,10H,6H2,1H3;5H,4H2,1-3H3,(H2,10,11,12,13,14). The first-order valence-electron chi connectivity index (χ1n) is 24.7. The van der Waals surface area contributed by atoms with Gasteiger partial charge in [-0.1, -0.05) is 46.9 Å². The summed E-state index contributed by atoms with van der Waals surface area (Å²) in [6.07, 6.45) is 3.08. The predicted molar refractivity (Wildman–Crippen MR) is 314 cm³/mol. The Bertz CT molecular complexity index is 3480. The normalized spacial score (nSPS) is 13.4. The van der Waals surface area contributed by atoms with Gasteiger partial charge in [0.2, 0.25) is 39.7 Å². The molecule has 0 spiro atoms. The number of amides is 4. The average Bonchev–Trinajstić information content (AvgIpc) is 4.08. The summed E-state index contributed by atoms with van der Waals surface area (Å²) in [5.41, 5.74) is 0.615. The van der Waals surface area contributed by atoms with E-state index in [0.717, 1.165) is 54.2 Å². The lowest BCUT2D eigenvalue weighted by Gasteiger charge is -2.35. The van der Waals surface area contributed by atoms with E-state index in [1.165, 1.54) is 70.8 Å². The number of carbonyl (C=O) groups excluding carboxylic acids is 4. The van der Waals surface area contributed by atoms with Crippen LogP contribution in [0.4, 0.5) is 38.4 Å². The molecule has 1 unspecified atom stereocenters. The second kappa shape index (κ2) is 31.5. The number of esters is 1. The molecular weight excluding hydrogens is 1230 g/mol. The summed E-state index contributed by atoms with van der Waals surface area (Å²) in [5.74, 6) is -0.222. The molecule has 0 bridgehead atoms. The molecule has 4 amide bonds. The largest absolute Gasteiger partial charge is 0.489 e. The van der Waals surface area contributed by atoms with Crippen molar-refractivity contribution in [2.24, 2.45) is 4.99 Å². The Morgan fingerprint density at radius 3 is 2.22 bits per heavy atom. The molecule has 1 atom stereocenters. The second-order valence-electron chi connectivity index (χ2n) is 17.4. The molecule has 0 radical (unpaired) electrons. The number of carbonyl (C=O) groups is 4. The van der Waals surface area contributed by atoms with Gasteiger partial charge in [0.25, 0.3) is 21.8 Å². The van der Waals surface area contributed by atoms with Crippen LogP contribution in [-0.4, -0.2) is 148 Å². The number of nitrogens with zero attached hydrogens (tertiary/aromatic N) is 11. The van der Waals surface area contributed by atoms with Crippen molar-refractivity contribution in [2.75, 3.05) is 75.2 Å². The number of methoxy groups -OCH3 is 3. The first kappa shape index (κ1) is 66.7. The lowest BCUT2D eigenvalue weighted by molar-refractivity contribution is -0.137. The Hall–Kier alpha value is -7.09. The van der Waals surface area contributed by atoms with E-state index in [-0.39, 0.29) is 67.9 Å². The maximum absolute atomic E-state index is 14.3. The lowest BCUT2D eigenvalue weighted by Crippen LogP contribution is -2.47. The van der Waals surface area contributed by atoms with Gasteiger partial charge in [0.15, 0.2) is 9.86 Å². The van der Waals surface area contributed by atoms with Crippen molar-refractivity contribution >= 4 is 133 Å². The van der Waals surface area contributed by atoms with Crippen LogP contribution in [0.15, 0.2) is 80.5 Å². The van der Waals surface area contributed by atoms with Gasteiger partial charge in [0, 0.05) is 50.9 Å². The molecule has 83 heavy (non-hydrogen) atoms. The van der Waals surface area contributed by atoms with Gasteiger partial charge in [-0.2, -0.15) is 33.3 Å². The van der Waals surface area contributed by atoms with E-state index in [1.54, 1.807) is 19.0 Å². The van der Waals surface area contributed by atoms with Crippen LogP contribution in [0.1, 0.15) is 50.9 Å². The van der Waals surface area contributed by atoms with Crippen LogP contribution in [0.25, 0.3) is 0 Å². The van der Waals surface area contributed by atoms with Gasteiger partial charge in [-0.25, -0.2) is 28.6 Å². The number of thioether (sulfide) groups is 1. The number of rotatable bonds is 15. The summed E-state index contributed by atoms with van der Waals surface area (Å²) in [6.45, 7) is 10.4. The van der Waals surface area contributed by atoms with E-state index in [0.29, 0.717) is 47.0 Å². The van der Waals surface area contributed by atoms with E-state index in [4.69, 9.17) is 60.6 Å². The number of para-hydroxylation sites is 2. The van der Waals surface area contributed by atoms with Crippen molar-refractivity contribution in [3.63, 3.8) is 0 Å². The topological polar surface area (TPSA) is 311 Å². The SMILES string of the molecule is CC1COc2ccccc2N1C(=O)C(Cl)Cl.CCNc1nc(Cl)nc(NC(C)C)n1.COC(=O)CSc1cc(N=c2sc(=O)n3n2CCCC3)c(F)cc1Cl.COc1cc(OC)nc(NC(=O)NS(=O)(=O)c2ncccc2C(=O)N(C)C)n1. The summed E-state index contributed by atoms with van der Waals surface area (Å²) in [4.78, 5) is 89.8. The van der Waals surface area contributed by atoms with Gasteiger partial charge in [0.1, 0.15) is 23.9 Å². The molecule has 0 fully saturated rings. The van der Waals surface area contributed by atoms with Gasteiger partial charge < -0.3 is 39.4 Å². The molecule has 2 aromatic carbocycles. The fourth-order valence-corrected chi connectivity index (χ4v) is 10.5. The molecule has 2 aliphatic rings. The molecule has 0 saturated carbocycles. The second-order valence-corrected chi connectivity index (χ2v) is 22.8. The number of hydrogen-bond donors (Lipinski definition) is 4. The molecule has 34 heteroatoms. The number of urea groups is 1. The quantitative estimate of drug-likeness (QED) is 0.0446. The van der Waals surface area contributed by atoms with Crippen molar-refractivity contribution in [1.29, 1.82) is 0 Å². The molecule has 4 aromatic heterocycles. The minimum atomic E-state index is -4.46. The number of hydrogen-bond acceptors (Lipinski definition) is 22. The van der Waals surface area contributed by atoms with Crippen LogP contribution in [0.5, 0.6) is 17.5 Å². The smallest absolute Gasteiger partial charge is 0.335 e. The number of halogens is 5. The van der Waals surface area contributed by atoms with Gasteiger partial charge in [-0.3, -0.25) is 29.2 Å². The molecule has 26 nitrogen and oxygen atoms in total. The Kier molecular flexibility index (Phi) is 25.3. The molecule has 0 aliphatic carbocycles. The van der Waals surface area contributed by atoms with Gasteiger partial charge >= 0.3 is 16.9 Å². The Balaban J connectivity index is 0.000000210. The highest BCUT2D eigenvalue weighted by atomic mass is 35.5. The van der Waals surface area contributed by atoms with E-state index < -0.39 is 43.6 Å². The van der Waals surface area contributed by atoms with Crippen molar-refractivity contribution in [1.82, 2.24) is 48.9 Å². The Labute approximate surface area is 504 Å². The maximum Gasteiger partial charge on any atom is 0.335 e. The first-order valence-corrected chi connectivity index (χ1v) is 29.6. The fraction of sp³-hybridized carbons (Fsp3) is 0.388. The number of fused-ring (bicyclic) bond motifs is 2. The minimum absolute atomic E-state index is 0.0605. The summed E-state index contributed by atoms with van der Waals surface area (Å²) >= 11 is 25.2.